The van der Waals surface area contributed by atoms with E-state index in [0.29, 0.717) is 25.0 Å². The van der Waals surface area contributed by atoms with E-state index in [2.05, 4.69) is 11.4 Å². The maximum Gasteiger partial charge on any atom is 0.119 e. The molecule has 2 aliphatic heterocycles. The molecule has 1 fully saturated rings. The SMILES string of the molecule is Oc1cc2c(cc1CC1CCCCN1)COC2. The highest BCUT2D eigenvalue weighted by Gasteiger charge is 2.18. The molecular weight excluding hydrogens is 214 g/mol. The van der Waals surface area contributed by atoms with Gasteiger partial charge in [-0.2, -0.15) is 0 Å². The van der Waals surface area contributed by atoms with Crippen molar-refractivity contribution in [1.82, 2.24) is 5.32 Å². The number of hydrogen-bond acceptors (Lipinski definition) is 3. The van der Waals surface area contributed by atoms with Crippen molar-refractivity contribution in [3.63, 3.8) is 0 Å². The first kappa shape index (κ1) is 11.1. The smallest absolute Gasteiger partial charge is 0.119 e. The molecule has 17 heavy (non-hydrogen) atoms. The van der Waals surface area contributed by atoms with Crippen LogP contribution in [0.15, 0.2) is 12.1 Å². The molecule has 2 N–H and O–H groups in total. The van der Waals surface area contributed by atoms with Crippen molar-refractivity contribution in [2.75, 3.05) is 6.54 Å². The summed E-state index contributed by atoms with van der Waals surface area (Å²) in [6, 6.07) is 4.52. The fourth-order valence-corrected chi connectivity index (χ4v) is 2.79. The summed E-state index contributed by atoms with van der Waals surface area (Å²) in [5.41, 5.74) is 3.45. The van der Waals surface area contributed by atoms with Crippen molar-refractivity contribution >= 4 is 0 Å². The van der Waals surface area contributed by atoms with Crippen LogP contribution in [0.4, 0.5) is 0 Å². The Balaban J connectivity index is 1.78. The summed E-state index contributed by atoms with van der Waals surface area (Å²) in [7, 11) is 0. The molecule has 0 bridgehead atoms. The van der Waals surface area contributed by atoms with Gasteiger partial charge in [-0.15, -0.1) is 0 Å². The van der Waals surface area contributed by atoms with Gasteiger partial charge in [0.15, 0.2) is 0 Å². The van der Waals surface area contributed by atoms with E-state index in [9.17, 15) is 5.11 Å². The standard InChI is InChI=1S/C14H19NO2/c16-14-7-12-9-17-8-11(12)5-10(14)6-13-3-1-2-4-15-13/h5,7,13,15-16H,1-4,6,8-9H2. The summed E-state index contributed by atoms with van der Waals surface area (Å²) < 4.78 is 5.39. The number of rotatable bonds is 2. The van der Waals surface area contributed by atoms with Crippen molar-refractivity contribution in [1.29, 1.82) is 0 Å². The molecule has 2 heterocycles. The van der Waals surface area contributed by atoms with Gasteiger partial charge in [-0.25, -0.2) is 0 Å². The number of nitrogens with one attached hydrogen (secondary N) is 1. The van der Waals surface area contributed by atoms with E-state index in [-0.39, 0.29) is 0 Å². The van der Waals surface area contributed by atoms with E-state index in [1.807, 2.05) is 6.07 Å². The van der Waals surface area contributed by atoms with Gasteiger partial charge in [-0.05, 0) is 54.6 Å². The van der Waals surface area contributed by atoms with Gasteiger partial charge < -0.3 is 15.2 Å². The number of benzene rings is 1. The predicted molar refractivity (Wildman–Crippen MR) is 65.9 cm³/mol. The molecule has 1 aromatic carbocycles. The minimum Gasteiger partial charge on any atom is -0.508 e. The first-order valence-corrected chi connectivity index (χ1v) is 6.48. The van der Waals surface area contributed by atoms with Gasteiger partial charge in [0.25, 0.3) is 0 Å². The molecule has 3 nitrogen and oxygen atoms in total. The topological polar surface area (TPSA) is 41.5 Å². The lowest BCUT2D eigenvalue weighted by atomic mass is 9.95. The van der Waals surface area contributed by atoms with Crippen LogP contribution in [-0.4, -0.2) is 17.7 Å². The molecule has 1 saturated heterocycles. The average molecular weight is 233 g/mol. The van der Waals surface area contributed by atoms with Gasteiger partial charge in [0, 0.05) is 6.04 Å². The Kier molecular flexibility index (Phi) is 3.04. The van der Waals surface area contributed by atoms with Crippen LogP contribution in [0.3, 0.4) is 0 Å². The van der Waals surface area contributed by atoms with Crippen molar-refractivity contribution < 1.29 is 9.84 Å². The largest absolute Gasteiger partial charge is 0.508 e. The van der Waals surface area contributed by atoms with Crippen LogP contribution < -0.4 is 5.32 Å². The zero-order chi connectivity index (χ0) is 11.7. The van der Waals surface area contributed by atoms with E-state index in [4.69, 9.17) is 4.74 Å². The van der Waals surface area contributed by atoms with E-state index >= 15 is 0 Å². The van der Waals surface area contributed by atoms with Crippen LogP contribution in [0.2, 0.25) is 0 Å². The summed E-state index contributed by atoms with van der Waals surface area (Å²) in [6.45, 7) is 2.45. The van der Waals surface area contributed by atoms with Crippen LogP contribution >= 0.6 is 0 Å². The molecule has 92 valence electrons. The summed E-state index contributed by atoms with van der Waals surface area (Å²) in [4.78, 5) is 0. The predicted octanol–water partition coefficient (Wildman–Crippen LogP) is 2.11. The first-order chi connectivity index (χ1) is 8.33. The fraction of sp³-hybridized carbons (Fsp3) is 0.571. The lowest BCUT2D eigenvalue weighted by Crippen LogP contribution is -2.35. The Bertz CT molecular complexity index is 411. The van der Waals surface area contributed by atoms with Crippen molar-refractivity contribution in [2.24, 2.45) is 0 Å². The lowest BCUT2D eigenvalue weighted by molar-refractivity contribution is 0.134. The molecule has 0 aromatic heterocycles. The number of fused-ring (bicyclic) bond motifs is 1. The summed E-state index contributed by atoms with van der Waals surface area (Å²) in [5.74, 6) is 0.432. The quantitative estimate of drug-likeness (QED) is 0.822. The molecule has 1 aromatic rings. The first-order valence-electron chi connectivity index (χ1n) is 6.48. The van der Waals surface area contributed by atoms with E-state index < -0.39 is 0 Å². The van der Waals surface area contributed by atoms with Crippen molar-refractivity contribution in [2.45, 2.75) is 44.9 Å². The molecular formula is C14H19NO2. The average Bonchev–Trinajstić information content (AvgIpc) is 2.78. The fourth-order valence-electron chi connectivity index (χ4n) is 2.79. The minimum atomic E-state index is 0.432. The van der Waals surface area contributed by atoms with Crippen LogP contribution in [0.1, 0.15) is 36.0 Å². The Labute approximate surface area is 102 Å². The zero-order valence-electron chi connectivity index (χ0n) is 10.0. The van der Waals surface area contributed by atoms with Gasteiger partial charge in [0.2, 0.25) is 0 Å². The highest BCUT2D eigenvalue weighted by Crippen LogP contribution is 2.29. The van der Waals surface area contributed by atoms with Gasteiger partial charge in [-0.3, -0.25) is 0 Å². The normalized spacial score (nSPS) is 23.6. The summed E-state index contributed by atoms with van der Waals surface area (Å²) >= 11 is 0. The number of aromatic hydroxyl groups is 1. The lowest BCUT2D eigenvalue weighted by Gasteiger charge is -2.24. The highest BCUT2D eigenvalue weighted by molar-refractivity contribution is 5.43. The van der Waals surface area contributed by atoms with Crippen LogP contribution in [0.25, 0.3) is 0 Å². The second kappa shape index (κ2) is 4.67. The third-order valence-electron chi connectivity index (χ3n) is 3.79. The summed E-state index contributed by atoms with van der Waals surface area (Å²) in [6.07, 6.45) is 4.72. The van der Waals surface area contributed by atoms with Gasteiger partial charge in [-0.1, -0.05) is 6.42 Å². The molecule has 3 rings (SSSR count). The van der Waals surface area contributed by atoms with E-state index in [1.54, 1.807) is 0 Å². The molecule has 1 atom stereocenters. The van der Waals surface area contributed by atoms with Crippen LogP contribution in [0.5, 0.6) is 5.75 Å². The molecule has 3 heteroatoms. The Morgan fingerprint density at radius 1 is 1.24 bits per heavy atom. The zero-order valence-corrected chi connectivity index (χ0v) is 10.0. The molecule has 0 aliphatic carbocycles. The van der Waals surface area contributed by atoms with Crippen molar-refractivity contribution in [3.05, 3.63) is 28.8 Å². The molecule has 0 saturated carbocycles. The third-order valence-corrected chi connectivity index (χ3v) is 3.79. The van der Waals surface area contributed by atoms with Gasteiger partial charge >= 0.3 is 0 Å². The Morgan fingerprint density at radius 2 is 2.06 bits per heavy atom. The third kappa shape index (κ3) is 2.31. The maximum atomic E-state index is 10.0. The Hall–Kier alpha value is -1.06. The molecule has 0 radical (unpaired) electrons. The number of phenolic OH excluding ortho intramolecular Hbond substituents is 1. The van der Waals surface area contributed by atoms with Gasteiger partial charge in [0.1, 0.15) is 5.75 Å². The van der Waals surface area contributed by atoms with E-state index in [0.717, 1.165) is 24.1 Å². The molecule has 2 aliphatic rings. The van der Waals surface area contributed by atoms with Crippen LogP contribution in [0, 0.1) is 0 Å². The molecule has 0 spiro atoms. The second-order valence-corrected chi connectivity index (χ2v) is 5.09. The maximum absolute atomic E-state index is 10.0. The number of phenols is 1. The minimum absolute atomic E-state index is 0.432. The molecule has 0 amide bonds. The van der Waals surface area contributed by atoms with Crippen LogP contribution in [-0.2, 0) is 24.4 Å². The Morgan fingerprint density at radius 3 is 2.82 bits per heavy atom. The van der Waals surface area contributed by atoms with Crippen molar-refractivity contribution in [3.8, 4) is 5.75 Å². The summed E-state index contributed by atoms with van der Waals surface area (Å²) in [5, 5.41) is 13.5. The number of piperidine rings is 1. The number of ether oxygens (including phenoxy) is 1. The van der Waals surface area contributed by atoms with E-state index in [1.165, 1.54) is 24.8 Å². The second-order valence-electron chi connectivity index (χ2n) is 5.09. The van der Waals surface area contributed by atoms with Gasteiger partial charge in [0.05, 0.1) is 13.2 Å². The number of hydrogen-bond donors (Lipinski definition) is 2. The highest BCUT2D eigenvalue weighted by atomic mass is 16.5. The molecule has 1 unspecified atom stereocenters. The monoisotopic (exact) mass is 233 g/mol.